The van der Waals surface area contributed by atoms with Gasteiger partial charge in [0.1, 0.15) is 0 Å². The summed E-state index contributed by atoms with van der Waals surface area (Å²) < 4.78 is 0. The van der Waals surface area contributed by atoms with Crippen LogP contribution in [0.3, 0.4) is 0 Å². The molecule has 0 rings (SSSR count). The molecule has 0 aliphatic carbocycles. The van der Waals surface area contributed by atoms with Crippen LogP contribution in [0.4, 0.5) is 0 Å². The number of nitrogens with zero attached hydrogens (tertiary/aromatic N) is 1. The molecule has 0 aliphatic heterocycles. The molecule has 2 radical (unpaired) electrons. The number of rotatable bonds is 6. The van der Waals surface area contributed by atoms with Crippen molar-refractivity contribution in [2.24, 2.45) is 5.92 Å². The molecule has 0 unspecified atom stereocenters. The SMILES string of the molecule is CC(C)CCC[N]O[C]=O. The molecule has 0 atom stereocenters. The fourth-order valence-corrected chi connectivity index (χ4v) is 0.636. The van der Waals surface area contributed by atoms with Crippen molar-refractivity contribution in [3.05, 3.63) is 0 Å². The highest BCUT2D eigenvalue weighted by Gasteiger charge is 1.93. The molecular formula is C7H13NO2. The van der Waals surface area contributed by atoms with Crippen molar-refractivity contribution in [1.82, 2.24) is 5.48 Å². The van der Waals surface area contributed by atoms with Crippen molar-refractivity contribution >= 4 is 6.47 Å². The Bertz CT molecular complexity index is 83.7. The minimum atomic E-state index is 0.591. The van der Waals surface area contributed by atoms with Gasteiger partial charge in [-0.2, -0.15) is 0 Å². The first-order chi connectivity index (χ1) is 4.77. The smallest absolute Gasteiger partial charge is 0.340 e. The van der Waals surface area contributed by atoms with Crippen LogP contribution in [0.2, 0.25) is 0 Å². The van der Waals surface area contributed by atoms with Crippen molar-refractivity contribution in [3.8, 4) is 0 Å². The topological polar surface area (TPSA) is 40.4 Å². The van der Waals surface area contributed by atoms with Gasteiger partial charge in [-0.05, 0) is 24.2 Å². The molecule has 0 heterocycles. The molecule has 0 bridgehead atoms. The average molecular weight is 143 g/mol. The fraction of sp³-hybridized carbons (Fsp3) is 0.857. The summed E-state index contributed by atoms with van der Waals surface area (Å²) in [5, 5.41) is 0. The second kappa shape index (κ2) is 6.55. The predicted molar refractivity (Wildman–Crippen MR) is 37.9 cm³/mol. The monoisotopic (exact) mass is 143 g/mol. The summed E-state index contributed by atoms with van der Waals surface area (Å²) in [6.45, 7) is 6.12. The van der Waals surface area contributed by atoms with Gasteiger partial charge in [0.2, 0.25) is 0 Å². The van der Waals surface area contributed by atoms with Crippen LogP contribution in [0.25, 0.3) is 0 Å². The highest BCUT2D eigenvalue weighted by Crippen LogP contribution is 2.01. The lowest BCUT2D eigenvalue weighted by Gasteiger charge is -2.01. The Kier molecular flexibility index (Phi) is 6.18. The van der Waals surface area contributed by atoms with E-state index in [0.717, 1.165) is 12.8 Å². The van der Waals surface area contributed by atoms with Gasteiger partial charge in [-0.1, -0.05) is 13.8 Å². The summed E-state index contributed by atoms with van der Waals surface area (Å²) in [7, 11) is 0. The highest BCUT2D eigenvalue weighted by molar-refractivity contribution is 5.37. The van der Waals surface area contributed by atoms with Gasteiger partial charge in [0.05, 0.1) is 6.54 Å². The third kappa shape index (κ3) is 7.43. The van der Waals surface area contributed by atoms with Crippen LogP contribution in [-0.4, -0.2) is 13.0 Å². The maximum atomic E-state index is 9.46. The van der Waals surface area contributed by atoms with Crippen LogP contribution >= 0.6 is 0 Å². The summed E-state index contributed by atoms with van der Waals surface area (Å²) in [6, 6.07) is 0. The van der Waals surface area contributed by atoms with E-state index in [4.69, 9.17) is 0 Å². The lowest BCUT2D eigenvalue weighted by Crippen LogP contribution is -2.07. The lowest BCUT2D eigenvalue weighted by atomic mass is 10.1. The van der Waals surface area contributed by atoms with E-state index in [2.05, 4.69) is 24.2 Å². The molecule has 0 saturated carbocycles. The Balaban J connectivity index is 2.83. The Morgan fingerprint density at radius 3 is 2.80 bits per heavy atom. The zero-order chi connectivity index (χ0) is 7.82. The average Bonchev–Trinajstić information content (AvgIpc) is 1.87. The van der Waals surface area contributed by atoms with E-state index in [-0.39, 0.29) is 0 Å². The first-order valence-electron chi connectivity index (χ1n) is 3.47. The van der Waals surface area contributed by atoms with Gasteiger partial charge in [-0.15, -0.1) is 0 Å². The van der Waals surface area contributed by atoms with Gasteiger partial charge in [-0.25, -0.2) is 4.79 Å². The largest absolute Gasteiger partial charge is 0.439 e. The van der Waals surface area contributed by atoms with Crippen LogP contribution in [0.15, 0.2) is 0 Å². The van der Waals surface area contributed by atoms with E-state index in [1.807, 2.05) is 0 Å². The molecule has 0 aliphatic rings. The van der Waals surface area contributed by atoms with Crippen LogP contribution in [-0.2, 0) is 9.63 Å². The van der Waals surface area contributed by atoms with Gasteiger partial charge in [0, 0.05) is 0 Å². The number of hydrogen-bond acceptors (Lipinski definition) is 2. The van der Waals surface area contributed by atoms with E-state index in [1.54, 1.807) is 0 Å². The summed E-state index contributed by atoms with van der Waals surface area (Å²) in [4.78, 5) is 13.5. The van der Waals surface area contributed by atoms with Crippen LogP contribution in [0, 0.1) is 5.92 Å². The van der Waals surface area contributed by atoms with Crippen molar-refractivity contribution in [3.63, 3.8) is 0 Å². The number of carbonyl (C=O) groups excluding carboxylic acids is 1. The summed E-state index contributed by atoms with van der Waals surface area (Å²) in [6.07, 6.45) is 2.09. The molecular weight excluding hydrogens is 130 g/mol. The third-order valence-electron chi connectivity index (χ3n) is 1.13. The second-order valence-electron chi connectivity index (χ2n) is 2.56. The molecule has 3 heteroatoms. The molecule has 0 N–H and O–H groups in total. The summed E-state index contributed by atoms with van der Waals surface area (Å²) in [5.41, 5.74) is 3.44. The second-order valence-corrected chi connectivity index (χ2v) is 2.56. The predicted octanol–water partition coefficient (Wildman–Crippen LogP) is 1.03. The van der Waals surface area contributed by atoms with E-state index < -0.39 is 0 Å². The molecule has 0 amide bonds. The summed E-state index contributed by atoms with van der Waals surface area (Å²) >= 11 is 0. The standard InChI is InChI=1S/C7H13NO2/c1-7(2)4-3-5-8-10-6-9/h7H,3-5H2,1-2H3. The van der Waals surface area contributed by atoms with Gasteiger partial charge in [0.15, 0.2) is 0 Å². The maximum absolute atomic E-state index is 9.46. The van der Waals surface area contributed by atoms with E-state index in [9.17, 15) is 4.79 Å². The number of hydroxylamine groups is 1. The first kappa shape index (κ1) is 9.43. The third-order valence-corrected chi connectivity index (χ3v) is 1.13. The van der Waals surface area contributed by atoms with Gasteiger partial charge >= 0.3 is 6.47 Å². The van der Waals surface area contributed by atoms with Crippen molar-refractivity contribution in [1.29, 1.82) is 0 Å². The Hall–Kier alpha value is -0.570. The van der Waals surface area contributed by atoms with Gasteiger partial charge in [0.25, 0.3) is 0 Å². The molecule has 3 nitrogen and oxygen atoms in total. The fourth-order valence-electron chi connectivity index (χ4n) is 0.636. The van der Waals surface area contributed by atoms with E-state index in [0.29, 0.717) is 12.5 Å². The minimum Gasteiger partial charge on any atom is -0.340 e. The Labute approximate surface area is 61.7 Å². The molecule has 0 aromatic heterocycles. The Morgan fingerprint density at radius 1 is 1.60 bits per heavy atom. The van der Waals surface area contributed by atoms with Crippen molar-refractivity contribution in [2.45, 2.75) is 26.7 Å². The number of hydrogen-bond donors (Lipinski definition) is 0. The zero-order valence-corrected chi connectivity index (χ0v) is 6.46. The quantitative estimate of drug-likeness (QED) is 0.411. The van der Waals surface area contributed by atoms with Gasteiger partial charge in [-0.3, -0.25) is 0 Å². The van der Waals surface area contributed by atoms with Crippen molar-refractivity contribution < 1.29 is 9.63 Å². The van der Waals surface area contributed by atoms with Crippen molar-refractivity contribution in [2.75, 3.05) is 6.54 Å². The normalized spacial score (nSPS) is 9.90. The van der Waals surface area contributed by atoms with Gasteiger partial charge < -0.3 is 4.84 Å². The Morgan fingerprint density at radius 2 is 2.30 bits per heavy atom. The van der Waals surface area contributed by atoms with E-state index in [1.165, 1.54) is 6.47 Å². The first-order valence-corrected chi connectivity index (χ1v) is 3.47. The van der Waals surface area contributed by atoms with Crippen LogP contribution in [0.5, 0.6) is 0 Å². The molecule has 10 heavy (non-hydrogen) atoms. The molecule has 58 valence electrons. The van der Waals surface area contributed by atoms with Crippen LogP contribution < -0.4 is 5.48 Å². The van der Waals surface area contributed by atoms with Crippen LogP contribution in [0.1, 0.15) is 26.7 Å². The molecule has 0 aromatic carbocycles. The lowest BCUT2D eigenvalue weighted by molar-refractivity contribution is 0.156. The van der Waals surface area contributed by atoms with E-state index >= 15 is 0 Å². The molecule has 0 aromatic rings. The molecule has 0 fully saturated rings. The summed E-state index contributed by atoms with van der Waals surface area (Å²) in [5.74, 6) is 0.690. The zero-order valence-electron chi connectivity index (χ0n) is 6.46. The molecule has 0 saturated heterocycles. The molecule has 0 spiro atoms. The highest BCUT2D eigenvalue weighted by atomic mass is 16.7. The minimum absolute atomic E-state index is 0.591. The maximum Gasteiger partial charge on any atom is 0.439 e.